The minimum Gasteiger partial charge on any atom is -0.452 e. The second-order valence-corrected chi connectivity index (χ2v) is 9.28. The zero-order valence-electron chi connectivity index (χ0n) is 17.4. The topological polar surface area (TPSA) is 52.6 Å². The fourth-order valence-corrected chi connectivity index (χ4v) is 3.48. The summed E-state index contributed by atoms with van der Waals surface area (Å²) in [5.74, 6) is 0.269. The van der Waals surface area contributed by atoms with E-state index in [2.05, 4.69) is 36.7 Å². The predicted octanol–water partition coefficient (Wildman–Crippen LogP) is 6.58. The third-order valence-corrected chi connectivity index (χ3v) is 5.54. The number of fused-ring (bicyclic) bond motifs is 1. The number of hydrogen-bond donors (Lipinski definition) is 0. The molecule has 0 aromatic heterocycles. The monoisotopic (exact) mass is 476 g/mol. The van der Waals surface area contributed by atoms with Gasteiger partial charge in [0.05, 0.1) is 11.1 Å². The van der Waals surface area contributed by atoms with Crippen molar-refractivity contribution < 1.29 is 19.1 Å². The molecule has 0 N–H and O–H groups in total. The van der Waals surface area contributed by atoms with E-state index < -0.39 is 5.97 Å². The van der Waals surface area contributed by atoms with Crippen LogP contribution < -0.4 is 9.47 Å². The minimum atomic E-state index is -0.463. The zero-order chi connectivity index (χ0) is 22.2. The molecule has 1 aliphatic heterocycles. The molecule has 31 heavy (non-hydrogen) atoms. The molecule has 4 rings (SSSR count). The maximum Gasteiger partial charge on any atom is 0.343 e. The number of carbonyl (C=O) groups is 2. The van der Waals surface area contributed by atoms with Crippen LogP contribution in [0.3, 0.4) is 0 Å². The molecule has 5 heteroatoms. The number of esters is 1. The lowest BCUT2D eigenvalue weighted by molar-refractivity contribution is 0.0734. The van der Waals surface area contributed by atoms with Gasteiger partial charge in [0.1, 0.15) is 11.5 Å². The van der Waals surface area contributed by atoms with Crippen molar-refractivity contribution >= 4 is 33.8 Å². The van der Waals surface area contributed by atoms with Gasteiger partial charge >= 0.3 is 5.97 Å². The highest BCUT2D eigenvalue weighted by atomic mass is 79.9. The molecule has 0 unspecified atom stereocenters. The molecule has 4 nitrogen and oxygen atoms in total. The van der Waals surface area contributed by atoms with E-state index in [0.29, 0.717) is 22.6 Å². The summed E-state index contributed by atoms with van der Waals surface area (Å²) in [7, 11) is 0. The first-order valence-electron chi connectivity index (χ1n) is 9.87. The molecule has 1 aliphatic rings. The smallest absolute Gasteiger partial charge is 0.343 e. The number of Topliss-reactive ketones (excluding diaryl/α,β-unsaturated/α-hetero) is 1. The standard InChI is InChI=1S/C26H21BrO4/c1-26(2,3)18-8-6-17(7-9-18)25(29)30-20-12-13-21-22(15-20)31-23(24(21)28)14-16-4-10-19(27)11-5-16/h4-15H,1-3H3. The maximum absolute atomic E-state index is 12.6. The molecule has 3 aromatic carbocycles. The summed E-state index contributed by atoms with van der Waals surface area (Å²) in [6.45, 7) is 6.35. The van der Waals surface area contributed by atoms with Crippen molar-refractivity contribution in [3.8, 4) is 11.5 Å². The van der Waals surface area contributed by atoms with Crippen LogP contribution in [0.2, 0.25) is 0 Å². The van der Waals surface area contributed by atoms with E-state index in [1.54, 1.807) is 36.4 Å². The Morgan fingerprint density at radius 3 is 2.29 bits per heavy atom. The van der Waals surface area contributed by atoms with Gasteiger partial charge in [-0.1, -0.05) is 61.0 Å². The molecule has 0 amide bonds. The molecular weight excluding hydrogens is 456 g/mol. The Balaban J connectivity index is 1.50. The number of benzene rings is 3. The summed E-state index contributed by atoms with van der Waals surface area (Å²) in [6, 6.07) is 19.7. The molecule has 1 heterocycles. The summed E-state index contributed by atoms with van der Waals surface area (Å²) in [4.78, 5) is 25.2. The molecule has 0 aliphatic carbocycles. The molecular formula is C26H21BrO4. The molecule has 3 aromatic rings. The van der Waals surface area contributed by atoms with E-state index in [0.717, 1.165) is 15.6 Å². The fourth-order valence-electron chi connectivity index (χ4n) is 3.21. The zero-order valence-corrected chi connectivity index (χ0v) is 19.0. The van der Waals surface area contributed by atoms with Gasteiger partial charge < -0.3 is 9.47 Å². The Kier molecular flexibility index (Phi) is 5.54. The molecule has 0 atom stereocenters. The quantitative estimate of drug-likeness (QED) is 0.243. The lowest BCUT2D eigenvalue weighted by Gasteiger charge is -2.18. The first-order valence-corrected chi connectivity index (χ1v) is 10.7. The van der Waals surface area contributed by atoms with Crippen molar-refractivity contribution in [2.45, 2.75) is 26.2 Å². The van der Waals surface area contributed by atoms with Gasteiger partial charge in [-0.2, -0.15) is 0 Å². The number of allylic oxidation sites excluding steroid dienone is 1. The van der Waals surface area contributed by atoms with Gasteiger partial charge in [0, 0.05) is 10.5 Å². The third-order valence-electron chi connectivity index (χ3n) is 5.01. The Labute approximate surface area is 189 Å². The van der Waals surface area contributed by atoms with Crippen LogP contribution in [0.4, 0.5) is 0 Å². The lowest BCUT2D eigenvalue weighted by atomic mass is 9.87. The SMILES string of the molecule is CC(C)(C)c1ccc(C(=O)Oc2ccc3c(c2)OC(=Cc2ccc(Br)cc2)C3=O)cc1. The Bertz CT molecular complexity index is 1180. The van der Waals surface area contributed by atoms with E-state index in [1.165, 1.54) is 0 Å². The number of halogens is 1. The molecule has 0 radical (unpaired) electrons. The highest BCUT2D eigenvalue weighted by molar-refractivity contribution is 9.10. The van der Waals surface area contributed by atoms with E-state index in [1.807, 2.05) is 36.4 Å². The maximum atomic E-state index is 12.6. The van der Waals surface area contributed by atoms with Crippen molar-refractivity contribution in [3.63, 3.8) is 0 Å². The second-order valence-electron chi connectivity index (χ2n) is 8.37. The van der Waals surface area contributed by atoms with E-state index in [9.17, 15) is 9.59 Å². The number of ether oxygens (including phenoxy) is 2. The molecule has 0 fully saturated rings. The van der Waals surface area contributed by atoms with Crippen LogP contribution in [0.25, 0.3) is 6.08 Å². The average molecular weight is 477 g/mol. The minimum absolute atomic E-state index is 0.00770. The Hall–Kier alpha value is -3.18. The molecule has 0 bridgehead atoms. The largest absolute Gasteiger partial charge is 0.452 e. The highest BCUT2D eigenvalue weighted by Gasteiger charge is 2.28. The van der Waals surface area contributed by atoms with Crippen LogP contribution in [0.1, 0.15) is 52.6 Å². The van der Waals surface area contributed by atoms with Crippen LogP contribution in [0, 0.1) is 0 Å². The van der Waals surface area contributed by atoms with Crippen molar-refractivity contribution in [3.05, 3.63) is 99.2 Å². The van der Waals surface area contributed by atoms with Crippen LogP contribution in [-0.2, 0) is 5.41 Å². The van der Waals surface area contributed by atoms with Crippen LogP contribution in [0.5, 0.6) is 11.5 Å². The fraction of sp³-hybridized carbons (Fsp3) is 0.154. The lowest BCUT2D eigenvalue weighted by Crippen LogP contribution is -2.12. The summed E-state index contributed by atoms with van der Waals surface area (Å²) in [6.07, 6.45) is 1.69. The number of carbonyl (C=O) groups excluding carboxylic acids is 2. The molecule has 0 saturated carbocycles. The van der Waals surface area contributed by atoms with Crippen LogP contribution in [0.15, 0.2) is 77.0 Å². The first kappa shape index (κ1) is 21.1. The average Bonchev–Trinajstić information content (AvgIpc) is 3.04. The van der Waals surface area contributed by atoms with Crippen molar-refractivity contribution in [2.24, 2.45) is 0 Å². The van der Waals surface area contributed by atoms with Gasteiger partial charge in [-0.3, -0.25) is 4.79 Å². The molecule has 0 spiro atoms. The summed E-state index contributed by atoms with van der Waals surface area (Å²) in [5, 5.41) is 0. The van der Waals surface area contributed by atoms with Gasteiger partial charge in [-0.15, -0.1) is 0 Å². The van der Waals surface area contributed by atoms with Crippen molar-refractivity contribution in [1.29, 1.82) is 0 Å². The predicted molar refractivity (Wildman–Crippen MR) is 124 cm³/mol. The van der Waals surface area contributed by atoms with Gasteiger partial charge in [0.2, 0.25) is 5.78 Å². The molecule has 0 saturated heterocycles. The van der Waals surface area contributed by atoms with E-state index in [-0.39, 0.29) is 17.0 Å². The third kappa shape index (κ3) is 4.62. The second kappa shape index (κ2) is 8.16. The molecule has 156 valence electrons. The Morgan fingerprint density at radius 1 is 0.968 bits per heavy atom. The normalized spacial score (nSPS) is 14.3. The van der Waals surface area contributed by atoms with E-state index in [4.69, 9.17) is 9.47 Å². The summed E-state index contributed by atoms with van der Waals surface area (Å²) in [5.41, 5.74) is 2.90. The van der Waals surface area contributed by atoms with Crippen LogP contribution in [-0.4, -0.2) is 11.8 Å². The van der Waals surface area contributed by atoms with E-state index >= 15 is 0 Å². The first-order chi connectivity index (χ1) is 14.7. The van der Waals surface area contributed by atoms with Gasteiger partial charge in [-0.05, 0) is 59.0 Å². The highest BCUT2D eigenvalue weighted by Crippen LogP contribution is 2.35. The van der Waals surface area contributed by atoms with Crippen LogP contribution >= 0.6 is 15.9 Å². The summed E-state index contributed by atoms with van der Waals surface area (Å²) < 4.78 is 12.2. The van der Waals surface area contributed by atoms with Gasteiger partial charge in [-0.25, -0.2) is 4.79 Å². The van der Waals surface area contributed by atoms with Gasteiger partial charge in [0.15, 0.2) is 5.76 Å². The Morgan fingerprint density at radius 2 is 1.65 bits per heavy atom. The summed E-state index contributed by atoms with van der Waals surface area (Å²) >= 11 is 3.39. The number of hydrogen-bond acceptors (Lipinski definition) is 4. The van der Waals surface area contributed by atoms with Crippen molar-refractivity contribution in [2.75, 3.05) is 0 Å². The van der Waals surface area contributed by atoms with Gasteiger partial charge in [0.25, 0.3) is 0 Å². The number of rotatable bonds is 3. The number of ketones is 1. The van der Waals surface area contributed by atoms with Crippen molar-refractivity contribution in [1.82, 2.24) is 0 Å².